The first-order chi connectivity index (χ1) is 14.6. The van der Waals surface area contributed by atoms with Crippen LogP contribution in [0.25, 0.3) is 5.70 Å². The highest BCUT2D eigenvalue weighted by molar-refractivity contribution is 8.03. The highest BCUT2D eigenvalue weighted by Crippen LogP contribution is 2.43. The van der Waals surface area contributed by atoms with Crippen molar-refractivity contribution < 1.29 is 14.3 Å². The summed E-state index contributed by atoms with van der Waals surface area (Å²) < 4.78 is 5.36. The average Bonchev–Trinajstić information content (AvgIpc) is 2.77. The monoisotopic (exact) mass is 419 g/mol. The lowest BCUT2D eigenvalue weighted by Crippen LogP contribution is -2.29. The van der Waals surface area contributed by atoms with E-state index in [9.17, 15) is 14.9 Å². The summed E-state index contributed by atoms with van der Waals surface area (Å²) in [5, 5.41) is 13.7. The van der Waals surface area contributed by atoms with Gasteiger partial charge in [0, 0.05) is 0 Å². The number of hydrogen-bond acceptors (Lipinski definition) is 6. The number of esters is 1. The van der Waals surface area contributed by atoms with Crippen LogP contribution in [0.5, 0.6) is 0 Å². The summed E-state index contributed by atoms with van der Waals surface area (Å²) in [6.45, 7) is 1.95. The van der Waals surface area contributed by atoms with Gasteiger partial charge in [-0.05, 0) is 18.1 Å². The molecule has 0 aliphatic carbocycles. The Bertz CT molecular complexity index is 1040. The molecule has 6 nitrogen and oxygen atoms in total. The molecule has 0 saturated carbocycles. The number of ether oxygens (including phenoxy) is 1. The number of nitrogens with one attached hydrogen (secondary N) is 1. The molecular formula is C23H21N3O3S. The van der Waals surface area contributed by atoms with Crippen LogP contribution < -0.4 is 11.1 Å². The van der Waals surface area contributed by atoms with Gasteiger partial charge in [-0.15, -0.1) is 0 Å². The van der Waals surface area contributed by atoms with E-state index in [4.69, 9.17) is 10.5 Å². The molecule has 0 radical (unpaired) electrons. The molecule has 2 aromatic rings. The summed E-state index contributed by atoms with van der Waals surface area (Å²) >= 11 is 1.15. The summed E-state index contributed by atoms with van der Waals surface area (Å²) in [5.41, 5.74) is 8.13. The maximum atomic E-state index is 13.1. The van der Waals surface area contributed by atoms with Crippen molar-refractivity contribution in [1.29, 1.82) is 5.26 Å². The summed E-state index contributed by atoms with van der Waals surface area (Å²) in [6, 6.07) is 20.9. The van der Waals surface area contributed by atoms with Crippen molar-refractivity contribution in [3.05, 3.63) is 88.0 Å². The van der Waals surface area contributed by atoms with E-state index in [1.54, 1.807) is 6.92 Å². The van der Waals surface area contributed by atoms with Crippen LogP contribution in [0.4, 0.5) is 0 Å². The van der Waals surface area contributed by atoms with Gasteiger partial charge >= 0.3 is 5.97 Å². The first-order valence-corrected chi connectivity index (χ1v) is 10.4. The number of allylic oxidation sites excluding steroid dienone is 1. The molecule has 0 bridgehead atoms. The third kappa shape index (κ3) is 4.56. The van der Waals surface area contributed by atoms with E-state index < -0.39 is 17.8 Å². The zero-order valence-corrected chi connectivity index (χ0v) is 17.2. The van der Waals surface area contributed by atoms with Gasteiger partial charge in [0.05, 0.1) is 46.2 Å². The summed E-state index contributed by atoms with van der Waals surface area (Å²) in [6.07, 6.45) is 0. The zero-order chi connectivity index (χ0) is 21.5. The number of nitrogens with two attached hydrogens (primary N) is 1. The van der Waals surface area contributed by atoms with Crippen molar-refractivity contribution in [2.45, 2.75) is 12.8 Å². The highest BCUT2D eigenvalue weighted by Gasteiger charge is 2.37. The minimum absolute atomic E-state index is 0.00579. The fourth-order valence-electron chi connectivity index (χ4n) is 3.28. The van der Waals surface area contributed by atoms with Gasteiger partial charge in [0.2, 0.25) is 5.91 Å². The lowest BCUT2D eigenvalue weighted by atomic mass is 9.81. The van der Waals surface area contributed by atoms with Gasteiger partial charge in [-0.2, -0.15) is 5.26 Å². The molecule has 30 heavy (non-hydrogen) atoms. The van der Waals surface area contributed by atoms with Gasteiger partial charge in [0.1, 0.15) is 0 Å². The molecule has 2 aromatic carbocycles. The van der Waals surface area contributed by atoms with Crippen molar-refractivity contribution in [2.24, 2.45) is 5.73 Å². The predicted molar refractivity (Wildman–Crippen MR) is 117 cm³/mol. The third-order valence-corrected chi connectivity index (χ3v) is 5.54. The van der Waals surface area contributed by atoms with Gasteiger partial charge in [-0.25, -0.2) is 4.79 Å². The number of carbonyl (C=O) groups excluding carboxylic acids is 2. The maximum absolute atomic E-state index is 13.1. The zero-order valence-electron chi connectivity index (χ0n) is 16.4. The second-order valence-corrected chi connectivity index (χ2v) is 7.44. The fraction of sp³-hybridized carbons (Fsp3) is 0.174. The van der Waals surface area contributed by atoms with Crippen LogP contribution in [-0.2, 0) is 14.3 Å². The third-order valence-electron chi connectivity index (χ3n) is 4.50. The molecule has 0 saturated heterocycles. The predicted octanol–water partition coefficient (Wildman–Crippen LogP) is 3.30. The molecule has 1 heterocycles. The number of benzene rings is 2. The molecule has 1 amide bonds. The van der Waals surface area contributed by atoms with Crippen molar-refractivity contribution >= 4 is 29.3 Å². The van der Waals surface area contributed by atoms with Crippen LogP contribution in [0.3, 0.4) is 0 Å². The highest BCUT2D eigenvalue weighted by atomic mass is 32.2. The van der Waals surface area contributed by atoms with E-state index in [1.165, 1.54) is 0 Å². The lowest BCUT2D eigenvalue weighted by Gasteiger charge is -2.30. The summed E-state index contributed by atoms with van der Waals surface area (Å²) in [4.78, 5) is 24.4. The van der Waals surface area contributed by atoms with E-state index in [1.807, 2.05) is 60.7 Å². The quantitative estimate of drug-likeness (QED) is 0.667. The molecule has 3 N–H and O–H groups in total. The number of thioether (sulfide) groups is 1. The smallest absolute Gasteiger partial charge is 0.337 e. The van der Waals surface area contributed by atoms with Crippen molar-refractivity contribution in [3.8, 4) is 6.07 Å². The summed E-state index contributed by atoms with van der Waals surface area (Å²) in [7, 11) is 0. The van der Waals surface area contributed by atoms with Crippen molar-refractivity contribution in [3.63, 3.8) is 0 Å². The Morgan fingerprint density at radius 2 is 1.77 bits per heavy atom. The Morgan fingerprint density at radius 3 is 2.33 bits per heavy atom. The Morgan fingerprint density at radius 1 is 1.13 bits per heavy atom. The van der Waals surface area contributed by atoms with Crippen LogP contribution in [-0.4, -0.2) is 24.2 Å². The van der Waals surface area contributed by atoms with Crippen LogP contribution in [0.15, 0.2) is 76.8 Å². The summed E-state index contributed by atoms with van der Waals surface area (Å²) in [5.74, 6) is -1.62. The topological polar surface area (TPSA) is 105 Å². The molecule has 3 rings (SSSR count). The average molecular weight is 420 g/mol. The molecule has 1 aliphatic rings. The van der Waals surface area contributed by atoms with Crippen LogP contribution >= 0.6 is 11.8 Å². The number of hydrogen-bond donors (Lipinski definition) is 2. The van der Waals surface area contributed by atoms with E-state index in [0.717, 1.165) is 22.9 Å². The van der Waals surface area contributed by atoms with Crippen LogP contribution in [0, 0.1) is 11.3 Å². The van der Waals surface area contributed by atoms with Gasteiger partial charge in [0.15, 0.2) is 0 Å². The lowest BCUT2D eigenvalue weighted by molar-refractivity contribution is -0.138. The molecule has 7 heteroatoms. The molecule has 1 atom stereocenters. The number of nitriles is 1. The number of carbonyl (C=O) groups is 2. The second-order valence-electron chi connectivity index (χ2n) is 6.45. The van der Waals surface area contributed by atoms with Gasteiger partial charge in [0.25, 0.3) is 0 Å². The van der Waals surface area contributed by atoms with E-state index in [0.29, 0.717) is 21.9 Å². The first-order valence-electron chi connectivity index (χ1n) is 9.40. The number of dihydropyridines is 1. The molecule has 0 spiro atoms. The standard InChI is InChI=1S/C23H21N3O3S/c1-2-29-23(28)20-19(15-9-5-3-6-10-15)17(13-24)22(30-14-18(25)27)26-21(20)16-11-7-4-8-12-16/h3-12,19,26H,2,14H2,1H3,(H2,25,27)/t19-/m0/s1. The Kier molecular flexibility index (Phi) is 6.94. The minimum atomic E-state index is -0.637. The SMILES string of the molecule is CCOC(=O)C1=C(c2ccccc2)NC(SCC(N)=O)=C(C#N)[C@@H]1c1ccccc1. The van der Waals surface area contributed by atoms with Crippen molar-refractivity contribution in [1.82, 2.24) is 5.32 Å². The number of primary amides is 1. The second kappa shape index (κ2) is 9.81. The molecule has 0 fully saturated rings. The van der Waals surface area contributed by atoms with Crippen molar-refractivity contribution in [2.75, 3.05) is 12.4 Å². The molecular weight excluding hydrogens is 398 g/mol. The van der Waals surface area contributed by atoms with Gasteiger partial charge in [-0.1, -0.05) is 72.4 Å². The van der Waals surface area contributed by atoms with E-state index in [-0.39, 0.29) is 12.4 Å². The molecule has 0 unspecified atom stereocenters. The number of amides is 1. The molecule has 152 valence electrons. The minimum Gasteiger partial charge on any atom is -0.463 e. The number of rotatable bonds is 7. The largest absolute Gasteiger partial charge is 0.463 e. The van der Waals surface area contributed by atoms with E-state index >= 15 is 0 Å². The van der Waals surface area contributed by atoms with Crippen LogP contribution in [0.1, 0.15) is 24.0 Å². The van der Waals surface area contributed by atoms with E-state index in [2.05, 4.69) is 11.4 Å². The number of nitrogens with zero attached hydrogens (tertiary/aromatic N) is 1. The van der Waals surface area contributed by atoms with Gasteiger partial charge < -0.3 is 15.8 Å². The fourth-order valence-corrected chi connectivity index (χ4v) is 4.06. The Labute approximate surface area is 179 Å². The van der Waals surface area contributed by atoms with Gasteiger partial charge in [-0.3, -0.25) is 4.79 Å². The maximum Gasteiger partial charge on any atom is 0.337 e. The Hall–Kier alpha value is -3.50. The first kappa shape index (κ1) is 21.2. The normalized spacial score (nSPS) is 15.9. The van der Waals surface area contributed by atoms with Crippen LogP contribution in [0.2, 0.25) is 0 Å². The Balaban J connectivity index is 2.25. The molecule has 0 aromatic heterocycles. The molecule has 1 aliphatic heterocycles.